The van der Waals surface area contributed by atoms with E-state index in [1.165, 1.54) is 0 Å². The monoisotopic (exact) mass is 467 g/mol. The molecule has 1 saturated heterocycles. The lowest BCUT2D eigenvalue weighted by Crippen LogP contribution is -2.44. The van der Waals surface area contributed by atoms with Crippen molar-refractivity contribution < 1.29 is 14.9 Å². The number of benzene rings is 2. The lowest BCUT2D eigenvalue weighted by Gasteiger charge is -2.40. The first-order valence-electron chi connectivity index (χ1n) is 10.8. The van der Waals surface area contributed by atoms with E-state index in [0.29, 0.717) is 54.6 Å². The molecule has 0 atom stereocenters. The van der Waals surface area contributed by atoms with Gasteiger partial charge < -0.3 is 25.2 Å². The molecule has 2 aromatic carbocycles. The summed E-state index contributed by atoms with van der Waals surface area (Å²) in [6.45, 7) is 1.72. The number of nitrogens with zero attached hydrogens (tertiary/aromatic N) is 4. The molecule has 0 amide bonds. The van der Waals surface area contributed by atoms with Gasteiger partial charge in [-0.2, -0.15) is 5.26 Å². The maximum absolute atomic E-state index is 9.70. The first-order chi connectivity index (χ1) is 16.0. The number of aliphatic hydroxyl groups is 2. The normalized spacial score (nSPS) is 15.3. The number of aliphatic hydroxyl groups excluding tert-OH is 2. The number of nitrogens with one attached hydrogen (secondary N) is 1. The minimum absolute atomic E-state index is 0.0342. The lowest BCUT2D eigenvalue weighted by molar-refractivity contribution is 0.0340. The van der Waals surface area contributed by atoms with Crippen LogP contribution in [-0.2, 0) is 6.54 Å². The molecule has 2 heterocycles. The maximum Gasteiger partial charge on any atom is 0.159 e. The van der Waals surface area contributed by atoms with Crippen molar-refractivity contribution in [2.45, 2.75) is 19.4 Å². The number of fused-ring (bicyclic) bond motifs is 1. The summed E-state index contributed by atoms with van der Waals surface area (Å²) in [4.78, 5) is 2.12. The molecule has 3 aromatic rings. The molecule has 4 rings (SSSR count). The zero-order chi connectivity index (χ0) is 23.4. The van der Waals surface area contributed by atoms with E-state index >= 15 is 0 Å². The molecule has 0 spiro atoms. The Bertz CT molecular complexity index is 1180. The summed E-state index contributed by atoms with van der Waals surface area (Å²) >= 11 is 6.24. The van der Waals surface area contributed by atoms with Gasteiger partial charge in [-0.25, -0.2) is 0 Å². The molecule has 0 unspecified atom stereocenters. The zero-order valence-electron chi connectivity index (χ0n) is 18.4. The third-order valence-corrected chi connectivity index (χ3v) is 6.66. The van der Waals surface area contributed by atoms with E-state index in [2.05, 4.69) is 26.5 Å². The molecule has 3 N–H and O–H groups in total. The molecule has 0 radical (unpaired) electrons. The predicted octanol–water partition coefficient (Wildman–Crippen LogP) is 3.35. The Labute approximate surface area is 197 Å². The largest absolute Gasteiger partial charge is 0.495 e. The fourth-order valence-electron chi connectivity index (χ4n) is 4.14. The molecule has 1 aliphatic rings. The number of piperidine rings is 1. The Morgan fingerprint density at radius 3 is 2.52 bits per heavy atom. The molecule has 0 aliphatic carbocycles. The highest BCUT2D eigenvalue weighted by atomic mass is 35.5. The standard InChI is InChI=1S/C24H26ClN5O3/c1-33-21-5-3-17(11-20(21)25)13-27-22-19-10-16(12-26)2-4-18(19)23(29-28-22)30-8-6-24(14-31,15-32)7-9-30/h2-5,10-11,31-32H,6-9,13-15H2,1H3,(H,27,28). The van der Waals surface area contributed by atoms with E-state index in [4.69, 9.17) is 16.3 Å². The fourth-order valence-corrected chi connectivity index (χ4v) is 4.42. The van der Waals surface area contributed by atoms with Gasteiger partial charge in [0.25, 0.3) is 0 Å². The third kappa shape index (κ3) is 4.67. The van der Waals surface area contributed by atoms with Crippen LogP contribution in [0.15, 0.2) is 36.4 Å². The van der Waals surface area contributed by atoms with E-state index in [9.17, 15) is 15.5 Å². The molecule has 33 heavy (non-hydrogen) atoms. The summed E-state index contributed by atoms with van der Waals surface area (Å²) in [6.07, 6.45) is 1.33. The Morgan fingerprint density at radius 1 is 1.12 bits per heavy atom. The number of anilines is 2. The van der Waals surface area contributed by atoms with Crippen molar-refractivity contribution >= 4 is 34.0 Å². The van der Waals surface area contributed by atoms with Crippen LogP contribution in [-0.4, -0.2) is 53.8 Å². The highest BCUT2D eigenvalue weighted by molar-refractivity contribution is 6.32. The Morgan fingerprint density at radius 2 is 1.88 bits per heavy atom. The lowest BCUT2D eigenvalue weighted by atomic mass is 9.80. The SMILES string of the molecule is COc1ccc(CNc2nnc(N3CCC(CO)(CO)CC3)c3ccc(C#N)cc23)cc1Cl. The second-order valence-corrected chi connectivity index (χ2v) is 8.78. The van der Waals surface area contributed by atoms with Crippen LogP contribution in [0.1, 0.15) is 24.0 Å². The quantitative estimate of drug-likeness (QED) is 0.484. The van der Waals surface area contributed by atoms with Gasteiger partial charge in [0.15, 0.2) is 11.6 Å². The summed E-state index contributed by atoms with van der Waals surface area (Å²) in [6, 6.07) is 13.2. The Hall–Kier alpha value is -3.12. The van der Waals surface area contributed by atoms with Crippen molar-refractivity contribution in [3.05, 3.63) is 52.5 Å². The molecule has 1 aromatic heterocycles. The van der Waals surface area contributed by atoms with Gasteiger partial charge in [0.05, 0.1) is 37.0 Å². The zero-order valence-corrected chi connectivity index (χ0v) is 19.1. The van der Waals surface area contributed by atoms with E-state index in [1.54, 1.807) is 13.2 Å². The highest BCUT2D eigenvalue weighted by Crippen LogP contribution is 2.36. The van der Waals surface area contributed by atoms with Gasteiger partial charge in [0, 0.05) is 35.8 Å². The average Bonchev–Trinajstić information content (AvgIpc) is 2.87. The maximum atomic E-state index is 9.70. The molecular weight excluding hydrogens is 442 g/mol. The number of ether oxygens (including phenoxy) is 1. The van der Waals surface area contributed by atoms with E-state index < -0.39 is 5.41 Å². The number of hydrogen-bond acceptors (Lipinski definition) is 8. The smallest absolute Gasteiger partial charge is 0.159 e. The summed E-state index contributed by atoms with van der Waals surface area (Å²) in [5, 5.41) is 43.3. The van der Waals surface area contributed by atoms with Crippen LogP contribution in [0.3, 0.4) is 0 Å². The topological polar surface area (TPSA) is 115 Å². The molecule has 0 bridgehead atoms. The summed E-state index contributed by atoms with van der Waals surface area (Å²) < 4.78 is 5.21. The van der Waals surface area contributed by atoms with E-state index in [1.807, 2.05) is 30.3 Å². The summed E-state index contributed by atoms with van der Waals surface area (Å²) in [7, 11) is 1.57. The van der Waals surface area contributed by atoms with E-state index in [-0.39, 0.29) is 13.2 Å². The first kappa shape index (κ1) is 23.1. The van der Waals surface area contributed by atoms with Crippen LogP contribution in [0.2, 0.25) is 5.02 Å². The van der Waals surface area contributed by atoms with Crippen molar-refractivity contribution in [3.8, 4) is 11.8 Å². The van der Waals surface area contributed by atoms with Crippen LogP contribution in [0.25, 0.3) is 10.8 Å². The van der Waals surface area contributed by atoms with Crippen molar-refractivity contribution in [1.82, 2.24) is 10.2 Å². The highest BCUT2D eigenvalue weighted by Gasteiger charge is 2.34. The van der Waals surface area contributed by atoms with Crippen molar-refractivity contribution in [2.24, 2.45) is 5.41 Å². The minimum atomic E-state index is -0.450. The minimum Gasteiger partial charge on any atom is -0.495 e. The predicted molar refractivity (Wildman–Crippen MR) is 128 cm³/mol. The van der Waals surface area contributed by atoms with Gasteiger partial charge in [-0.3, -0.25) is 0 Å². The van der Waals surface area contributed by atoms with Crippen molar-refractivity contribution in [3.63, 3.8) is 0 Å². The number of halogens is 1. The molecule has 1 aliphatic heterocycles. The van der Waals surface area contributed by atoms with Gasteiger partial charge in [0.2, 0.25) is 0 Å². The van der Waals surface area contributed by atoms with Gasteiger partial charge in [-0.1, -0.05) is 17.7 Å². The summed E-state index contributed by atoms with van der Waals surface area (Å²) in [5.41, 5.74) is 1.04. The Balaban J connectivity index is 1.62. The van der Waals surface area contributed by atoms with Gasteiger partial charge in [-0.15, -0.1) is 10.2 Å². The molecule has 9 heteroatoms. The van der Waals surface area contributed by atoms with Crippen molar-refractivity contribution in [1.29, 1.82) is 5.26 Å². The van der Waals surface area contributed by atoms with Crippen LogP contribution >= 0.6 is 11.6 Å². The average molecular weight is 468 g/mol. The van der Waals surface area contributed by atoms with Gasteiger partial charge in [0.1, 0.15) is 5.75 Å². The van der Waals surface area contributed by atoms with Crippen LogP contribution in [0.4, 0.5) is 11.6 Å². The fraction of sp³-hybridized carbons (Fsp3) is 0.375. The molecule has 1 fully saturated rings. The van der Waals surface area contributed by atoms with Crippen molar-refractivity contribution in [2.75, 3.05) is 43.6 Å². The second kappa shape index (κ2) is 9.79. The molecule has 172 valence electrons. The number of nitriles is 1. The Kier molecular flexibility index (Phi) is 6.84. The molecule has 0 saturated carbocycles. The first-order valence-corrected chi connectivity index (χ1v) is 11.1. The summed E-state index contributed by atoms with van der Waals surface area (Å²) in [5.74, 6) is 1.92. The number of rotatable bonds is 7. The van der Waals surface area contributed by atoms with Gasteiger partial charge >= 0.3 is 0 Å². The van der Waals surface area contributed by atoms with Gasteiger partial charge in [-0.05, 0) is 48.7 Å². The molecular formula is C24H26ClN5O3. The van der Waals surface area contributed by atoms with E-state index in [0.717, 1.165) is 22.2 Å². The van der Waals surface area contributed by atoms with Crippen LogP contribution < -0.4 is 15.0 Å². The molecule has 8 nitrogen and oxygen atoms in total. The van der Waals surface area contributed by atoms with Crippen LogP contribution in [0.5, 0.6) is 5.75 Å². The third-order valence-electron chi connectivity index (χ3n) is 6.36. The van der Waals surface area contributed by atoms with Crippen LogP contribution in [0, 0.1) is 16.7 Å². The second-order valence-electron chi connectivity index (χ2n) is 8.37. The number of hydrogen-bond donors (Lipinski definition) is 3. The number of methoxy groups -OCH3 is 1. The number of aromatic nitrogens is 2.